The van der Waals surface area contributed by atoms with Gasteiger partial charge >= 0.3 is 0 Å². The molecule has 3 rings (SSSR count). The Morgan fingerprint density at radius 3 is 2.52 bits per heavy atom. The van der Waals surface area contributed by atoms with Crippen molar-refractivity contribution < 1.29 is 17.9 Å². The molecular weight excluding hydrogens is 388 g/mol. The van der Waals surface area contributed by atoms with Crippen molar-refractivity contribution in [2.75, 3.05) is 7.11 Å². The van der Waals surface area contributed by atoms with Gasteiger partial charge in [0.05, 0.1) is 17.0 Å². The van der Waals surface area contributed by atoms with Gasteiger partial charge in [-0.1, -0.05) is 41.9 Å². The maximum Gasteiger partial charge on any atom is 0.241 e. The maximum absolute atomic E-state index is 12.8. The van der Waals surface area contributed by atoms with E-state index in [0.29, 0.717) is 5.75 Å². The standard InChI is InChI=1S/C19H21ClN2O4S/c1-26-18-10-9-15(12-16(18)20)27(24,25)22-17(19(23)21-14-7-8-14)11-13-5-3-2-4-6-13/h2-6,9-10,12,14,17,22H,7-8,11H2,1H3,(H,21,23)/t17-/m1/s1. The Hall–Kier alpha value is -2.09. The lowest BCUT2D eigenvalue weighted by atomic mass is 10.1. The van der Waals surface area contributed by atoms with E-state index in [1.165, 1.54) is 25.3 Å². The first-order valence-electron chi connectivity index (χ1n) is 8.59. The molecule has 1 saturated carbocycles. The number of rotatable bonds is 8. The van der Waals surface area contributed by atoms with Crippen LogP contribution in [0.4, 0.5) is 0 Å². The summed E-state index contributed by atoms with van der Waals surface area (Å²) in [4.78, 5) is 12.6. The number of sulfonamides is 1. The van der Waals surface area contributed by atoms with Crippen LogP contribution in [0.3, 0.4) is 0 Å². The normalized spacial score (nSPS) is 15.2. The van der Waals surface area contributed by atoms with Crippen LogP contribution < -0.4 is 14.8 Å². The average Bonchev–Trinajstić information content (AvgIpc) is 3.45. The van der Waals surface area contributed by atoms with Crippen molar-refractivity contribution in [2.24, 2.45) is 0 Å². The molecule has 6 nitrogen and oxygen atoms in total. The van der Waals surface area contributed by atoms with Crippen LogP contribution in [0.2, 0.25) is 5.02 Å². The summed E-state index contributed by atoms with van der Waals surface area (Å²) < 4.78 is 33.2. The van der Waals surface area contributed by atoms with Gasteiger partial charge in [-0.3, -0.25) is 4.79 Å². The second-order valence-corrected chi connectivity index (χ2v) is 8.56. The molecule has 0 saturated heterocycles. The lowest BCUT2D eigenvalue weighted by Crippen LogP contribution is -2.48. The minimum Gasteiger partial charge on any atom is -0.495 e. The first kappa shape index (κ1) is 19.7. The Morgan fingerprint density at radius 1 is 1.22 bits per heavy atom. The van der Waals surface area contributed by atoms with E-state index in [4.69, 9.17) is 16.3 Å². The number of ether oxygens (including phenoxy) is 1. The molecule has 8 heteroatoms. The van der Waals surface area contributed by atoms with Gasteiger partial charge in [0.15, 0.2) is 0 Å². The number of carbonyl (C=O) groups is 1. The Balaban J connectivity index is 1.82. The summed E-state index contributed by atoms with van der Waals surface area (Å²) in [5, 5.41) is 3.05. The largest absolute Gasteiger partial charge is 0.495 e. The molecule has 0 spiro atoms. The van der Waals surface area contributed by atoms with Crippen molar-refractivity contribution in [3.63, 3.8) is 0 Å². The van der Waals surface area contributed by atoms with E-state index in [1.54, 1.807) is 0 Å². The van der Waals surface area contributed by atoms with Gasteiger partial charge in [-0.2, -0.15) is 4.72 Å². The molecule has 2 aromatic carbocycles. The number of halogens is 1. The number of methoxy groups -OCH3 is 1. The monoisotopic (exact) mass is 408 g/mol. The van der Waals surface area contributed by atoms with Crippen molar-refractivity contribution in [2.45, 2.75) is 36.2 Å². The van der Waals surface area contributed by atoms with Gasteiger partial charge in [0.1, 0.15) is 11.8 Å². The summed E-state index contributed by atoms with van der Waals surface area (Å²) in [6, 6.07) is 12.7. The zero-order valence-electron chi connectivity index (χ0n) is 14.8. The van der Waals surface area contributed by atoms with E-state index in [-0.39, 0.29) is 28.3 Å². The molecule has 1 aliphatic carbocycles. The lowest BCUT2D eigenvalue weighted by molar-refractivity contribution is -0.122. The van der Waals surface area contributed by atoms with Gasteiger partial charge in [0.2, 0.25) is 15.9 Å². The number of carbonyl (C=O) groups excluding carboxylic acids is 1. The highest BCUT2D eigenvalue weighted by molar-refractivity contribution is 7.89. The lowest BCUT2D eigenvalue weighted by Gasteiger charge is -2.19. The predicted molar refractivity (Wildman–Crippen MR) is 103 cm³/mol. The minimum absolute atomic E-state index is 0.0226. The third kappa shape index (κ3) is 5.22. The molecule has 1 amide bonds. The zero-order valence-corrected chi connectivity index (χ0v) is 16.4. The molecule has 1 aliphatic rings. The molecular formula is C19H21ClN2O4S. The van der Waals surface area contributed by atoms with Crippen molar-refractivity contribution in [3.8, 4) is 5.75 Å². The van der Waals surface area contributed by atoms with Crippen LogP contribution in [0.15, 0.2) is 53.4 Å². The number of nitrogens with one attached hydrogen (secondary N) is 2. The third-order valence-electron chi connectivity index (χ3n) is 4.25. The van der Waals surface area contributed by atoms with E-state index in [1.807, 2.05) is 30.3 Å². The maximum atomic E-state index is 12.8. The third-order valence-corrected chi connectivity index (χ3v) is 6.02. The number of hydrogen-bond acceptors (Lipinski definition) is 4. The molecule has 0 unspecified atom stereocenters. The van der Waals surface area contributed by atoms with Gasteiger partial charge in [-0.05, 0) is 43.0 Å². The zero-order chi connectivity index (χ0) is 19.4. The highest BCUT2D eigenvalue weighted by Crippen LogP contribution is 2.27. The fraction of sp³-hybridized carbons (Fsp3) is 0.316. The highest BCUT2D eigenvalue weighted by Gasteiger charge is 2.31. The summed E-state index contributed by atoms with van der Waals surface area (Å²) in [5.41, 5.74) is 0.865. The van der Waals surface area contributed by atoms with Crippen molar-refractivity contribution in [1.82, 2.24) is 10.0 Å². The van der Waals surface area contributed by atoms with E-state index >= 15 is 0 Å². The van der Waals surface area contributed by atoms with Crippen LogP contribution in [0.25, 0.3) is 0 Å². The van der Waals surface area contributed by atoms with Gasteiger partial charge < -0.3 is 10.1 Å². The molecule has 0 radical (unpaired) electrons. The molecule has 27 heavy (non-hydrogen) atoms. The number of amides is 1. The fourth-order valence-corrected chi connectivity index (χ4v) is 4.18. The van der Waals surface area contributed by atoms with Crippen LogP contribution in [0.5, 0.6) is 5.75 Å². The second kappa shape index (κ2) is 8.29. The topological polar surface area (TPSA) is 84.5 Å². The Kier molecular flexibility index (Phi) is 6.04. The summed E-state index contributed by atoms with van der Waals surface area (Å²) in [7, 11) is -2.49. The molecule has 2 aromatic rings. The minimum atomic E-state index is -3.94. The smallest absolute Gasteiger partial charge is 0.241 e. The molecule has 1 atom stereocenters. The molecule has 0 heterocycles. The molecule has 144 valence electrons. The fourth-order valence-electron chi connectivity index (χ4n) is 2.64. The summed E-state index contributed by atoms with van der Waals surface area (Å²) in [5.74, 6) is 0.0486. The second-order valence-electron chi connectivity index (χ2n) is 6.44. The van der Waals surface area contributed by atoms with Gasteiger partial charge in [0.25, 0.3) is 0 Å². The average molecular weight is 409 g/mol. The van der Waals surface area contributed by atoms with Crippen molar-refractivity contribution in [1.29, 1.82) is 0 Å². The van der Waals surface area contributed by atoms with Crippen LogP contribution in [0.1, 0.15) is 18.4 Å². The van der Waals surface area contributed by atoms with E-state index in [9.17, 15) is 13.2 Å². The summed E-state index contributed by atoms with van der Waals surface area (Å²) >= 11 is 6.05. The van der Waals surface area contributed by atoms with E-state index < -0.39 is 16.1 Å². The first-order valence-corrected chi connectivity index (χ1v) is 10.5. The van der Waals surface area contributed by atoms with Gasteiger partial charge in [0, 0.05) is 6.04 Å². The summed E-state index contributed by atoms with van der Waals surface area (Å²) in [6.07, 6.45) is 2.10. The Morgan fingerprint density at radius 2 is 1.93 bits per heavy atom. The molecule has 0 bridgehead atoms. The molecule has 1 fully saturated rings. The first-order chi connectivity index (χ1) is 12.9. The van der Waals surface area contributed by atoms with Gasteiger partial charge in [-0.15, -0.1) is 0 Å². The van der Waals surface area contributed by atoms with Crippen LogP contribution in [-0.4, -0.2) is 33.5 Å². The highest BCUT2D eigenvalue weighted by atomic mass is 35.5. The van der Waals surface area contributed by atoms with Crippen molar-refractivity contribution >= 4 is 27.5 Å². The number of benzene rings is 2. The van der Waals surface area contributed by atoms with Crippen LogP contribution >= 0.6 is 11.6 Å². The Labute approximate surface area is 163 Å². The summed E-state index contributed by atoms with van der Waals surface area (Å²) in [6.45, 7) is 0. The molecule has 0 aromatic heterocycles. The quantitative estimate of drug-likeness (QED) is 0.702. The van der Waals surface area contributed by atoms with Gasteiger partial charge in [-0.25, -0.2) is 8.42 Å². The molecule has 0 aliphatic heterocycles. The molecule has 2 N–H and O–H groups in total. The predicted octanol–water partition coefficient (Wildman–Crippen LogP) is 2.52. The number of hydrogen-bond donors (Lipinski definition) is 2. The van der Waals surface area contributed by atoms with Crippen LogP contribution in [-0.2, 0) is 21.2 Å². The SMILES string of the molecule is COc1ccc(S(=O)(=O)N[C@H](Cc2ccccc2)C(=O)NC2CC2)cc1Cl. The Bertz CT molecular complexity index is 915. The van der Waals surface area contributed by atoms with E-state index in [0.717, 1.165) is 18.4 Å². The van der Waals surface area contributed by atoms with Crippen molar-refractivity contribution in [3.05, 3.63) is 59.1 Å². The van der Waals surface area contributed by atoms with Crippen LogP contribution in [0, 0.1) is 0 Å². The van der Waals surface area contributed by atoms with E-state index in [2.05, 4.69) is 10.0 Å².